The van der Waals surface area contributed by atoms with Crippen LogP contribution in [-0.4, -0.2) is 35.1 Å². The number of anilines is 1. The van der Waals surface area contributed by atoms with Crippen molar-refractivity contribution in [3.63, 3.8) is 0 Å². The number of rotatable bonds is 2. The molecule has 4 heterocycles. The molecule has 2 aromatic heterocycles. The topological polar surface area (TPSA) is 81.5 Å². The molecule has 1 amide bonds. The van der Waals surface area contributed by atoms with E-state index < -0.39 is 5.97 Å². The fraction of sp³-hybridized carbons (Fsp3) is 0.417. The van der Waals surface area contributed by atoms with Crippen molar-refractivity contribution in [2.45, 2.75) is 52.0 Å². The Balaban J connectivity index is 1.60. The zero-order valence-electron chi connectivity index (χ0n) is 18.3. The Kier molecular flexibility index (Phi) is 5.33. The van der Waals surface area contributed by atoms with Crippen LogP contribution in [0.3, 0.4) is 0 Å². The van der Waals surface area contributed by atoms with Gasteiger partial charge < -0.3 is 9.64 Å². The molecule has 32 heavy (non-hydrogen) atoms. The largest absolute Gasteiger partial charge is 0.465 e. The van der Waals surface area contributed by atoms with E-state index in [4.69, 9.17) is 9.72 Å². The van der Waals surface area contributed by atoms with Crippen LogP contribution in [-0.2, 0) is 24.1 Å². The first kappa shape index (κ1) is 20.9. The van der Waals surface area contributed by atoms with Gasteiger partial charge in [0, 0.05) is 25.2 Å². The van der Waals surface area contributed by atoms with Crippen LogP contribution in [0.15, 0.2) is 23.0 Å². The number of carbonyl (C=O) groups is 2. The third-order valence-electron chi connectivity index (χ3n) is 6.51. The van der Waals surface area contributed by atoms with Crippen molar-refractivity contribution in [2.24, 2.45) is 0 Å². The van der Waals surface area contributed by atoms with Gasteiger partial charge in [0.15, 0.2) is 0 Å². The highest BCUT2D eigenvalue weighted by molar-refractivity contribution is 7.20. The summed E-state index contributed by atoms with van der Waals surface area (Å²) in [7, 11) is 1.36. The zero-order chi connectivity index (χ0) is 22.4. The van der Waals surface area contributed by atoms with Gasteiger partial charge in [0.05, 0.1) is 22.9 Å². The molecule has 0 aliphatic carbocycles. The summed E-state index contributed by atoms with van der Waals surface area (Å²) in [6.07, 6.45) is 5.36. The highest BCUT2D eigenvalue weighted by Crippen LogP contribution is 2.35. The number of aromatic nitrogens is 2. The lowest BCUT2D eigenvalue weighted by Gasteiger charge is -2.30. The normalized spacial score (nSPS) is 15.8. The number of carbonyl (C=O) groups excluding carboxylic acids is 2. The van der Waals surface area contributed by atoms with Crippen LogP contribution in [0, 0.1) is 6.92 Å². The lowest BCUT2D eigenvalue weighted by Crippen LogP contribution is -2.36. The highest BCUT2D eigenvalue weighted by Gasteiger charge is 2.30. The molecule has 2 aliphatic rings. The van der Waals surface area contributed by atoms with Crippen LogP contribution < -0.4 is 10.5 Å². The molecule has 7 nitrogen and oxygen atoms in total. The van der Waals surface area contributed by atoms with E-state index in [1.165, 1.54) is 18.4 Å². The van der Waals surface area contributed by atoms with Gasteiger partial charge in [-0.25, -0.2) is 9.78 Å². The molecule has 0 unspecified atom stereocenters. The minimum Gasteiger partial charge on any atom is -0.465 e. The maximum absolute atomic E-state index is 13.7. The molecule has 0 N–H and O–H groups in total. The van der Waals surface area contributed by atoms with Crippen molar-refractivity contribution >= 4 is 39.1 Å². The van der Waals surface area contributed by atoms with Crippen molar-refractivity contribution in [2.75, 3.05) is 18.6 Å². The Morgan fingerprint density at radius 2 is 1.94 bits per heavy atom. The van der Waals surface area contributed by atoms with E-state index in [0.717, 1.165) is 49.2 Å². The number of aryl methyl sites for hydroxylation is 2. The number of thiophene rings is 1. The van der Waals surface area contributed by atoms with Crippen LogP contribution in [0.25, 0.3) is 10.2 Å². The van der Waals surface area contributed by atoms with Gasteiger partial charge in [-0.05, 0) is 55.9 Å². The summed E-state index contributed by atoms with van der Waals surface area (Å²) >= 11 is 1.30. The number of nitrogens with zero attached hydrogens (tertiary/aromatic N) is 3. The number of hydrogen-bond acceptors (Lipinski definition) is 6. The summed E-state index contributed by atoms with van der Waals surface area (Å²) in [6.45, 7) is 3.09. The summed E-state index contributed by atoms with van der Waals surface area (Å²) in [5, 5.41) is 0.560. The van der Waals surface area contributed by atoms with Gasteiger partial charge in [0.25, 0.3) is 11.5 Å². The van der Waals surface area contributed by atoms with Gasteiger partial charge in [-0.15, -0.1) is 11.3 Å². The number of fused-ring (bicyclic) bond motifs is 3. The van der Waals surface area contributed by atoms with Crippen molar-refractivity contribution < 1.29 is 14.3 Å². The average molecular weight is 452 g/mol. The summed E-state index contributed by atoms with van der Waals surface area (Å²) in [6, 6.07) is 5.39. The number of benzene rings is 1. The molecular weight excluding hydrogens is 426 g/mol. The van der Waals surface area contributed by atoms with Crippen molar-refractivity contribution in [1.82, 2.24) is 9.55 Å². The molecule has 0 saturated heterocycles. The maximum atomic E-state index is 13.7. The third kappa shape index (κ3) is 3.24. The number of ether oxygens (including phenoxy) is 1. The van der Waals surface area contributed by atoms with E-state index in [-0.39, 0.29) is 11.5 Å². The minimum absolute atomic E-state index is 0.0354. The Morgan fingerprint density at radius 1 is 1.09 bits per heavy atom. The van der Waals surface area contributed by atoms with E-state index in [0.29, 0.717) is 45.7 Å². The molecule has 0 spiro atoms. The molecule has 2 aliphatic heterocycles. The number of esters is 1. The molecule has 8 heteroatoms. The summed E-state index contributed by atoms with van der Waals surface area (Å²) < 4.78 is 6.72. The fourth-order valence-corrected chi connectivity index (χ4v) is 6.01. The van der Waals surface area contributed by atoms with Gasteiger partial charge in [-0.3, -0.25) is 14.2 Å². The van der Waals surface area contributed by atoms with E-state index in [9.17, 15) is 14.4 Å². The molecular formula is C24H25N3O4S. The van der Waals surface area contributed by atoms with E-state index in [1.807, 2.05) is 13.0 Å². The SMILES string of the molecule is COC(=O)c1cccc2c1CCCN2C(=O)c1sc2nc3n(c(=O)c2c1C)CCCCC3. The standard InChI is InChI=1S/C24H25N3O4S/c1-14-19-21(25-18-11-4-3-5-12-27(18)22(19)28)32-20(14)23(29)26-13-7-9-15-16(24(30)31-2)8-6-10-17(15)26/h6,8,10H,3-5,7,9,11-13H2,1-2H3. The number of hydrogen-bond donors (Lipinski definition) is 0. The fourth-order valence-electron chi connectivity index (χ4n) is 4.87. The second-order valence-electron chi connectivity index (χ2n) is 8.39. The predicted molar refractivity (Wildman–Crippen MR) is 124 cm³/mol. The first-order valence-corrected chi connectivity index (χ1v) is 11.9. The Morgan fingerprint density at radius 3 is 2.75 bits per heavy atom. The molecule has 0 saturated carbocycles. The van der Waals surface area contributed by atoms with E-state index >= 15 is 0 Å². The second kappa shape index (κ2) is 8.16. The molecule has 5 rings (SSSR count). The van der Waals surface area contributed by atoms with Crippen LogP contribution >= 0.6 is 11.3 Å². The summed E-state index contributed by atoms with van der Waals surface area (Å²) in [5.74, 6) is 0.284. The molecule has 0 bridgehead atoms. The first-order chi connectivity index (χ1) is 15.5. The smallest absolute Gasteiger partial charge is 0.338 e. The van der Waals surface area contributed by atoms with Gasteiger partial charge in [-0.1, -0.05) is 12.5 Å². The van der Waals surface area contributed by atoms with Crippen molar-refractivity contribution in [3.05, 3.63) is 55.9 Å². The highest BCUT2D eigenvalue weighted by atomic mass is 32.1. The molecule has 3 aromatic rings. The van der Waals surface area contributed by atoms with Crippen molar-refractivity contribution in [3.8, 4) is 0 Å². The van der Waals surface area contributed by atoms with Crippen LogP contribution in [0.2, 0.25) is 0 Å². The molecule has 0 fully saturated rings. The van der Waals surface area contributed by atoms with Gasteiger partial charge >= 0.3 is 5.97 Å². The Labute approximate surface area is 189 Å². The van der Waals surface area contributed by atoms with E-state index in [2.05, 4.69) is 0 Å². The average Bonchev–Trinajstić information content (AvgIpc) is 2.97. The molecule has 1 aromatic carbocycles. The zero-order valence-corrected chi connectivity index (χ0v) is 19.1. The summed E-state index contributed by atoms with van der Waals surface area (Å²) in [5.41, 5.74) is 2.73. The maximum Gasteiger partial charge on any atom is 0.338 e. The van der Waals surface area contributed by atoms with Crippen LogP contribution in [0.4, 0.5) is 5.69 Å². The van der Waals surface area contributed by atoms with Gasteiger partial charge in [-0.2, -0.15) is 0 Å². The quantitative estimate of drug-likeness (QED) is 0.553. The first-order valence-electron chi connectivity index (χ1n) is 11.1. The van der Waals surface area contributed by atoms with Crippen LogP contribution in [0.5, 0.6) is 0 Å². The van der Waals surface area contributed by atoms with E-state index in [1.54, 1.807) is 21.6 Å². The molecule has 0 radical (unpaired) electrons. The van der Waals surface area contributed by atoms with Crippen molar-refractivity contribution in [1.29, 1.82) is 0 Å². The number of methoxy groups -OCH3 is 1. The Hall–Kier alpha value is -3.00. The Bertz CT molecular complexity index is 1310. The predicted octanol–water partition coefficient (Wildman–Crippen LogP) is 3.87. The number of amides is 1. The molecule has 0 atom stereocenters. The lowest BCUT2D eigenvalue weighted by molar-refractivity contribution is 0.0599. The van der Waals surface area contributed by atoms with Gasteiger partial charge in [0.2, 0.25) is 0 Å². The molecule has 166 valence electrons. The van der Waals surface area contributed by atoms with Gasteiger partial charge in [0.1, 0.15) is 10.7 Å². The lowest BCUT2D eigenvalue weighted by atomic mass is 9.96. The third-order valence-corrected chi connectivity index (χ3v) is 7.68. The van der Waals surface area contributed by atoms with Crippen LogP contribution in [0.1, 0.15) is 62.7 Å². The second-order valence-corrected chi connectivity index (χ2v) is 9.39. The summed E-state index contributed by atoms with van der Waals surface area (Å²) in [4.78, 5) is 46.9. The monoisotopic (exact) mass is 451 g/mol. The minimum atomic E-state index is -0.395.